The molecule has 0 saturated heterocycles. The molecule has 1 unspecified atom stereocenters. The number of carbonyl (C=O) groups excluding carboxylic acids is 3. The number of amides is 2. The molecule has 2 aromatic rings. The molecular weight excluding hydrogens is 364 g/mol. The standard InChI is InChI=1S/C20H22N2O6/c1-13(19(24)22-15-9-10-16(26-2)17(11-15)27-3)28-18(23)12-21-20(25)14-7-5-4-6-8-14/h4-11,13H,12H2,1-3H3,(H,21,25)(H,22,24). The quantitative estimate of drug-likeness (QED) is 0.673. The Kier molecular flexibility index (Phi) is 7.38. The second-order valence-electron chi connectivity index (χ2n) is 5.74. The van der Waals surface area contributed by atoms with Gasteiger partial charge in [0.1, 0.15) is 6.54 Å². The van der Waals surface area contributed by atoms with Crippen LogP contribution in [0.5, 0.6) is 11.5 Å². The van der Waals surface area contributed by atoms with Crippen LogP contribution < -0.4 is 20.1 Å². The van der Waals surface area contributed by atoms with Crippen molar-refractivity contribution in [2.75, 3.05) is 26.1 Å². The largest absolute Gasteiger partial charge is 0.493 e. The molecule has 2 aromatic carbocycles. The number of benzene rings is 2. The summed E-state index contributed by atoms with van der Waals surface area (Å²) in [6, 6.07) is 13.3. The molecule has 0 radical (unpaired) electrons. The minimum atomic E-state index is -1.05. The lowest BCUT2D eigenvalue weighted by Gasteiger charge is -2.15. The first-order valence-electron chi connectivity index (χ1n) is 8.50. The Morgan fingerprint density at radius 2 is 1.64 bits per heavy atom. The van der Waals surface area contributed by atoms with E-state index >= 15 is 0 Å². The Labute approximate surface area is 162 Å². The number of nitrogens with one attached hydrogen (secondary N) is 2. The normalized spacial score (nSPS) is 11.1. The van der Waals surface area contributed by atoms with Crippen LogP contribution in [0.25, 0.3) is 0 Å². The van der Waals surface area contributed by atoms with E-state index < -0.39 is 23.9 Å². The summed E-state index contributed by atoms with van der Waals surface area (Å²) in [5.41, 5.74) is 0.887. The Morgan fingerprint density at radius 1 is 0.964 bits per heavy atom. The first kappa shape index (κ1) is 20.8. The zero-order valence-electron chi connectivity index (χ0n) is 15.9. The summed E-state index contributed by atoms with van der Waals surface area (Å²) < 4.78 is 15.4. The maximum absolute atomic E-state index is 12.2. The van der Waals surface area contributed by atoms with Gasteiger partial charge < -0.3 is 24.8 Å². The zero-order chi connectivity index (χ0) is 20.5. The highest BCUT2D eigenvalue weighted by Gasteiger charge is 2.19. The first-order valence-corrected chi connectivity index (χ1v) is 8.50. The first-order chi connectivity index (χ1) is 13.4. The van der Waals surface area contributed by atoms with Gasteiger partial charge in [-0.2, -0.15) is 0 Å². The monoisotopic (exact) mass is 386 g/mol. The Hall–Kier alpha value is -3.55. The van der Waals surface area contributed by atoms with Gasteiger partial charge in [-0.25, -0.2) is 0 Å². The summed E-state index contributed by atoms with van der Waals surface area (Å²) in [6.45, 7) is 1.09. The van der Waals surface area contributed by atoms with Gasteiger partial charge in [-0.1, -0.05) is 18.2 Å². The molecule has 0 aliphatic rings. The van der Waals surface area contributed by atoms with Crippen molar-refractivity contribution < 1.29 is 28.6 Å². The molecule has 2 N–H and O–H groups in total. The lowest BCUT2D eigenvalue weighted by atomic mass is 10.2. The highest BCUT2D eigenvalue weighted by atomic mass is 16.5. The number of hydrogen-bond acceptors (Lipinski definition) is 6. The summed E-state index contributed by atoms with van der Waals surface area (Å²) in [6.07, 6.45) is -1.05. The summed E-state index contributed by atoms with van der Waals surface area (Å²) in [7, 11) is 2.99. The van der Waals surface area contributed by atoms with Gasteiger partial charge in [0.15, 0.2) is 17.6 Å². The highest BCUT2D eigenvalue weighted by Crippen LogP contribution is 2.29. The molecular formula is C20H22N2O6. The fourth-order valence-electron chi connectivity index (χ4n) is 2.29. The summed E-state index contributed by atoms with van der Waals surface area (Å²) in [5, 5.41) is 5.07. The molecule has 28 heavy (non-hydrogen) atoms. The van der Waals surface area contributed by atoms with Crippen LogP contribution in [-0.2, 0) is 14.3 Å². The van der Waals surface area contributed by atoms with E-state index in [1.165, 1.54) is 21.1 Å². The van der Waals surface area contributed by atoms with Crippen LogP contribution in [0.2, 0.25) is 0 Å². The minimum Gasteiger partial charge on any atom is -0.493 e. The smallest absolute Gasteiger partial charge is 0.326 e. The average molecular weight is 386 g/mol. The van der Waals surface area contributed by atoms with Gasteiger partial charge in [0.25, 0.3) is 11.8 Å². The number of esters is 1. The second kappa shape index (κ2) is 9.96. The van der Waals surface area contributed by atoms with Crippen molar-refractivity contribution in [3.63, 3.8) is 0 Å². The van der Waals surface area contributed by atoms with Crippen molar-refractivity contribution in [1.29, 1.82) is 0 Å². The number of anilines is 1. The Bertz CT molecular complexity index is 838. The highest BCUT2D eigenvalue weighted by molar-refractivity contribution is 5.97. The Balaban J connectivity index is 1.84. The van der Waals surface area contributed by atoms with Gasteiger partial charge >= 0.3 is 5.97 Å². The van der Waals surface area contributed by atoms with E-state index in [1.54, 1.807) is 48.5 Å². The molecule has 2 amide bonds. The van der Waals surface area contributed by atoms with Crippen LogP contribution in [-0.4, -0.2) is 44.7 Å². The SMILES string of the molecule is COc1ccc(NC(=O)C(C)OC(=O)CNC(=O)c2ccccc2)cc1OC. The van der Waals surface area contributed by atoms with E-state index in [-0.39, 0.29) is 6.54 Å². The van der Waals surface area contributed by atoms with Crippen molar-refractivity contribution in [2.45, 2.75) is 13.0 Å². The van der Waals surface area contributed by atoms with Gasteiger partial charge in [0.2, 0.25) is 0 Å². The zero-order valence-corrected chi connectivity index (χ0v) is 15.9. The molecule has 0 spiro atoms. The van der Waals surface area contributed by atoms with Crippen LogP contribution in [0.15, 0.2) is 48.5 Å². The molecule has 0 saturated carbocycles. The number of methoxy groups -OCH3 is 2. The maximum Gasteiger partial charge on any atom is 0.326 e. The predicted molar refractivity (Wildman–Crippen MR) is 103 cm³/mol. The van der Waals surface area contributed by atoms with Crippen molar-refractivity contribution in [1.82, 2.24) is 5.32 Å². The number of carbonyl (C=O) groups is 3. The summed E-state index contributed by atoms with van der Waals surface area (Å²) >= 11 is 0. The third-order valence-electron chi connectivity index (χ3n) is 3.76. The molecule has 0 fully saturated rings. The lowest BCUT2D eigenvalue weighted by molar-refractivity contribution is -0.152. The van der Waals surface area contributed by atoms with Crippen LogP contribution >= 0.6 is 0 Å². The van der Waals surface area contributed by atoms with Gasteiger partial charge in [-0.3, -0.25) is 14.4 Å². The van der Waals surface area contributed by atoms with Gasteiger partial charge in [0, 0.05) is 17.3 Å². The van der Waals surface area contributed by atoms with Crippen LogP contribution in [0.1, 0.15) is 17.3 Å². The van der Waals surface area contributed by atoms with E-state index in [2.05, 4.69) is 10.6 Å². The van der Waals surface area contributed by atoms with E-state index in [0.717, 1.165) is 0 Å². The molecule has 0 aromatic heterocycles. The predicted octanol–water partition coefficient (Wildman–Crippen LogP) is 2.00. The third kappa shape index (κ3) is 5.73. The molecule has 148 valence electrons. The number of hydrogen-bond donors (Lipinski definition) is 2. The maximum atomic E-state index is 12.2. The number of ether oxygens (including phenoxy) is 3. The van der Waals surface area contributed by atoms with Crippen molar-refractivity contribution in [2.24, 2.45) is 0 Å². The fraction of sp³-hybridized carbons (Fsp3) is 0.250. The molecule has 2 rings (SSSR count). The third-order valence-corrected chi connectivity index (χ3v) is 3.76. The van der Waals surface area contributed by atoms with Crippen molar-refractivity contribution in [3.05, 3.63) is 54.1 Å². The molecule has 8 heteroatoms. The average Bonchev–Trinajstić information content (AvgIpc) is 2.72. The molecule has 0 heterocycles. The van der Waals surface area contributed by atoms with Crippen LogP contribution in [0.4, 0.5) is 5.69 Å². The van der Waals surface area contributed by atoms with Crippen LogP contribution in [0, 0.1) is 0 Å². The Morgan fingerprint density at radius 3 is 2.29 bits per heavy atom. The number of rotatable bonds is 8. The van der Waals surface area contributed by atoms with Crippen LogP contribution in [0.3, 0.4) is 0 Å². The fourth-order valence-corrected chi connectivity index (χ4v) is 2.29. The van der Waals surface area contributed by atoms with E-state index in [9.17, 15) is 14.4 Å². The van der Waals surface area contributed by atoms with Crippen molar-refractivity contribution in [3.8, 4) is 11.5 Å². The minimum absolute atomic E-state index is 0.346. The van der Waals surface area contributed by atoms with Gasteiger partial charge in [-0.15, -0.1) is 0 Å². The molecule has 0 aliphatic heterocycles. The van der Waals surface area contributed by atoms with E-state index in [1.807, 2.05) is 0 Å². The molecule has 8 nitrogen and oxygen atoms in total. The van der Waals surface area contributed by atoms with E-state index in [0.29, 0.717) is 22.7 Å². The summed E-state index contributed by atoms with van der Waals surface area (Å²) in [4.78, 5) is 36.0. The lowest BCUT2D eigenvalue weighted by Crippen LogP contribution is -2.35. The molecule has 1 atom stereocenters. The van der Waals surface area contributed by atoms with E-state index in [4.69, 9.17) is 14.2 Å². The summed E-state index contributed by atoms with van der Waals surface area (Å²) in [5.74, 6) is -0.670. The van der Waals surface area contributed by atoms with Gasteiger partial charge in [0.05, 0.1) is 14.2 Å². The van der Waals surface area contributed by atoms with Crippen molar-refractivity contribution >= 4 is 23.5 Å². The molecule has 0 bridgehead atoms. The second-order valence-corrected chi connectivity index (χ2v) is 5.74. The van der Waals surface area contributed by atoms with Gasteiger partial charge in [-0.05, 0) is 31.2 Å². The topological polar surface area (TPSA) is 103 Å². The molecule has 0 aliphatic carbocycles.